The van der Waals surface area contributed by atoms with Gasteiger partial charge < -0.3 is 9.47 Å². The van der Waals surface area contributed by atoms with Crippen LogP contribution in [0.1, 0.15) is 27.0 Å². The zero-order valence-electron chi connectivity index (χ0n) is 15.3. The van der Waals surface area contributed by atoms with E-state index < -0.39 is 0 Å². The van der Waals surface area contributed by atoms with E-state index in [4.69, 9.17) is 0 Å². The minimum absolute atomic E-state index is 0.171. The SMILES string of the molecule is Cc1ccc(C)c(Cn2cccc(C(=O)N(C)c3ccccc3)c2=O)c1. The van der Waals surface area contributed by atoms with Gasteiger partial charge in [0.2, 0.25) is 0 Å². The highest BCUT2D eigenvalue weighted by molar-refractivity contribution is 6.05. The van der Waals surface area contributed by atoms with Gasteiger partial charge in [-0.05, 0) is 49.2 Å². The topological polar surface area (TPSA) is 42.3 Å². The molecule has 4 heteroatoms. The Morgan fingerprint density at radius 2 is 1.73 bits per heavy atom. The molecule has 4 nitrogen and oxygen atoms in total. The molecule has 132 valence electrons. The normalized spacial score (nSPS) is 10.6. The van der Waals surface area contributed by atoms with Crippen molar-refractivity contribution in [3.63, 3.8) is 0 Å². The Bertz CT molecular complexity index is 991. The van der Waals surface area contributed by atoms with Crippen LogP contribution >= 0.6 is 0 Å². The second-order valence-corrected chi connectivity index (χ2v) is 6.48. The minimum atomic E-state index is -0.309. The Balaban J connectivity index is 1.93. The van der Waals surface area contributed by atoms with Crippen LogP contribution in [0, 0.1) is 13.8 Å². The Morgan fingerprint density at radius 1 is 1.00 bits per heavy atom. The number of aryl methyl sites for hydroxylation is 2. The van der Waals surface area contributed by atoms with Crippen LogP contribution in [0.5, 0.6) is 0 Å². The first-order valence-electron chi connectivity index (χ1n) is 8.56. The van der Waals surface area contributed by atoms with Gasteiger partial charge in [0.1, 0.15) is 5.56 Å². The summed E-state index contributed by atoms with van der Waals surface area (Å²) in [5.41, 5.74) is 4.00. The zero-order valence-corrected chi connectivity index (χ0v) is 15.3. The molecule has 2 aromatic carbocycles. The molecular formula is C22H22N2O2. The smallest absolute Gasteiger partial charge is 0.263 e. The molecule has 0 saturated carbocycles. The average molecular weight is 346 g/mol. The van der Waals surface area contributed by atoms with Crippen molar-refractivity contribution in [3.8, 4) is 0 Å². The molecule has 0 unspecified atom stereocenters. The third-order valence-corrected chi connectivity index (χ3v) is 4.54. The number of hydrogen-bond donors (Lipinski definition) is 0. The standard InChI is InChI=1S/C22H22N2O2/c1-16-11-12-17(2)18(14-16)15-24-13-7-10-20(22(24)26)21(25)23(3)19-8-5-4-6-9-19/h4-14H,15H2,1-3H3. The summed E-state index contributed by atoms with van der Waals surface area (Å²) in [5, 5.41) is 0. The molecule has 0 saturated heterocycles. The summed E-state index contributed by atoms with van der Waals surface area (Å²) in [6.07, 6.45) is 1.73. The average Bonchev–Trinajstić information content (AvgIpc) is 2.66. The highest BCUT2D eigenvalue weighted by Crippen LogP contribution is 2.14. The maximum atomic E-state index is 12.9. The number of carbonyl (C=O) groups excluding carboxylic acids is 1. The highest BCUT2D eigenvalue weighted by Gasteiger charge is 2.18. The van der Waals surface area contributed by atoms with Gasteiger partial charge in [0.15, 0.2) is 0 Å². The number of rotatable bonds is 4. The fourth-order valence-corrected chi connectivity index (χ4v) is 2.93. The summed E-state index contributed by atoms with van der Waals surface area (Å²) in [6.45, 7) is 4.50. The molecular weight excluding hydrogens is 324 g/mol. The molecule has 0 N–H and O–H groups in total. The number of benzene rings is 2. The van der Waals surface area contributed by atoms with E-state index in [0.717, 1.165) is 22.4 Å². The Labute approximate surface area is 153 Å². The van der Waals surface area contributed by atoms with Crippen molar-refractivity contribution in [1.82, 2.24) is 4.57 Å². The Hall–Kier alpha value is -3.14. The van der Waals surface area contributed by atoms with E-state index in [1.165, 1.54) is 4.90 Å². The van der Waals surface area contributed by atoms with Crippen molar-refractivity contribution in [2.24, 2.45) is 0 Å². The third kappa shape index (κ3) is 3.59. The molecule has 0 fully saturated rings. The van der Waals surface area contributed by atoms with E-state index in [1.54, 1.807) is 29.9 Å². The fourth-order valence-electron chi connectivity index (χ4n) is 2.93. The van der Waals surface area contributed by atoms with Crippen LogP contribution in [0.3, 0.4) is 0 Å². The maximum absolute atomic E-state index is 12.9. The van der Waals surface area contributed by atoms with E-state index >= 15 is 0 Å². The van der Waals surface area contributed by atoms with Crippen LogP contribution in [-0.2, 0) is 6.54 Å². The van der Waals surface area contributed by atoms with E-state index in [1.807, 2.05) is 50.2 Å². The number of pyridine rings is 1. The predicted octanol–water partition coefficient (Wildman–Crippen LogP) is 3.79. The molecule has 0 aliphatic heterocycles. The largest absolute Gasteiger partial charge is 0.311 e. The molecule has 0 atom stereocenters. The molecule has 0 aliphatic carbocycles. The summed E-state index contributed by atoms with van der Waals surface area (Å²) >= 11 is 0. The van der Waals surface area contributed by atoms with E-state index in [-0.39, 0.29) is 17.0 Å². The number of nitrogens with zero attached hydrogens (tertiary/aromatic N) is 2. The summed E-state index contributed by atoms with van der Waals surface area (Å²) in [6, 6.07) is 18.8. The molecule has 1 aromatic heterocycles. The molecule has 3 aromatic rings. The predicted molar refractivity (Wildman–Crippen MR) is 105 cm³/mol. The summed E-state index contributed by atoms with van der Waals surface area (Å²) in [7, 11) is 1.68. The lowest BCUT2D eigenvalue weighted by Gasteiger charge is -2.18. The van der Waals surface area contributed by atoms with Gasteiger partial charge >= 0.3 is 0 Å². The summed E-state index contributed by atoms with van der Waals surface area (Å²) in [5.74, 6) is -0.309. The number of carbonyl (C=O) groups is 1. The fraction of sp³-hybridized carbons (Fsp3) is 0.182. The van der Waals surface area contributed by atoms with Crippen LogP contribution in [-0.4, -0.2) is 17.5 Å². The highest BCUT2D eigenvalue weighted by atomic mass is 16.2. The molecule has 1 amide bonds. The second kappa shape index (κ2) is 7.40. The van der Waals surface area contributed by atoms with Gasteiger partial charge in [-0.15, -0.1) is 0 Å². The van der Waals surface area contributed by atoms with Crippen LogP contribution in [0.15, 0.2) is 71.7 Å². The van der Waals surface area contributed by atoms with Gasteiger partial charge in [-0.2, -0.15) is 0 Å². The minimum Gasteiger partial charge on any atom is -0.311 e. The first kappa shape index (κ1) is 17.7. The quantitative estimate of drug-likeness (QED) is 0.721. The number of hydrogen-bond acceptors (Lipinski definition) is 2. The van der Waals surface area contributed by atoms with Crippen molar-refractivity contribution in [2.45, 2.75) is 20.4 Å². The van der Waals surface area contributed by atoms with Gasteiger partial charge in [-0.25, -0.2) is 0 Å². The first-order chi connectivity index (χ1) is 12.5. The number of amides is 1. The molecule has 0 spiro atoms. The number of para-hydroxylation sites is 1. The van der Waals surface area contributed by atoms with Gasteiger partial charge in [0.05, 0.1) is 6.54 Å². The van der Waals surface area contributed by atoms with Crippen molar-refractivity contribution < 1.29 is 4.79 Å². The van der Waals surface area contributed by atoms with E-state index in [2.05, 4.69) is 12.1 Å². The lowest BCUT2D eigenvalue weighted by molar-refractivity contribution is 0.0991. The van der Waals surface area contributed by atoms with Gasteiger partial charge in [-0.1, -0.05) is 42.0 Å². The summed E-state index contributed by atoms with van der Waals surface area (Å²) in [4.78, 5) is 27.2. The number of aromatic nitrogens is 1. The third-order valence-electron chi connectivity index (χ3n) is 4.54. The molecule has 0 radical (unpaired) electrons. The number of anilines is 1. The molecule has 1 heterocycles. The van der Waals surface area contributed by atoms with Crippen molar-refractivity contribution in [2.75, 3.05) is 11.9 Å². The van der Waals surface area contributed by atoms with Gasteiger partial charge in [0.25, 0.3) is 11.5 Å². The first-order valence-corrected chi connectivity index (χ1v) is 8.56. The Morgan fingerprint density at radius 3 is 2.46 bits per heavy atom. The zero-order chi connectivity index (χ0) is 18.7. The van der Waals surface area contributed by atoms with Crippen molar-refractivity contribution in [3.05, 3.63) is 99.5 Å². The Kier molecular flexibility index (Phi) is 5.03. The van der Waals surface area contributed by atoms with E-state index in [0.29, 0.717) is 6.54 Å². The van der Waals surface area contributed by atoms with Crippen molar-refractivity contribution in [1.29, 1.82) is 0 Å². The molecule has 26 heavy (non-hydrogen) atoms. The molecule has 0 bridgehead atoms. The van der Waals surface area contributed by atoms with Crippen molar-refractivity contribution >= 4 is 11.6 Å². The van der Waals surface area contributed by atoms with Crippen LogP contribution in [0.2, 0.25) is 0 Å². The molecule has 0 aliphatic rings. The maximum Gasteiger partial charge on any atom is 0.263 e. The van der Waals surface area contributed by atoms with Crippen LogP contribution in [0.4, 0.5) is 5.69 Å². The van der Waals surface area contributed by atoms with Gasteiger partial charge in [-0.3, -0.25) is 9.59 Å². The lowest BCUT2D eigenvalue weighted by atomic mass is 10.1. The van der Waals surface area contributed by atoms with Gasteiger partial charge in [0, 0.05) is 18.9 Å². The lowest BCUT2D eigenvalue weighted by Crippen LogP contribution is -2.34. The van der Waals surface area contributed by atoms with E-state index in [9.17, 15) is 9.59 Å². The monoisotopic (exact) mass is 346 g/mol. The molecule has 3 rings (SSSR count). The second-order valence-electron chi connectivity index (χ2n) is 6.48. The van der Waals surface area contributed by atoms with Crippen LogP contribution < -0.4 is 10.5 Å². The summed E-state index contributed by atoms with van der Waals surface area (Å²) < 4.78 is 1.59. The van der Waals surface area contributed by atoms with Crippen LogP contribution in [0.25, 0.3) is 0 Å².